The van der Waals surface area contributed by atoms with Crippen LogP contribution in [0.3, 0.4) is 0 Å². The molecule has 5 heteroatoms. The fourth-order valence-corrected chi connectivity index (χ4v) is 3.42. The fraction of sp³-hybridized carbons (Fsp3) is 0.533. The van der Waals surface area contributed by atoms with Crippen LogP contribution >= 0.6 is 23.2 Å². The highest BCUT2D eigenvalue weighted by Gasteiger charge is 2.43. The Balaban J connectivity index is 1.81. The zero-order valence-electron chi connectivity index (χ0n) is 11.0. The number of ketones is 1. The van der Waals surface area contributed by atoms with Gasteiger partial charge in [-0.2, -0.15) is 0 Å². The molecule has 2 aliphatic heterocycles. The van der Waals surface area contributed by atoms with Crippen LogP contribution in [0, 0.1) is 5.92 Å². The Labute approximate surface area is 128 Å². The number of carbonyl (C=O) groups is 1. The van der Waals surface area contributed by atoms with E-state index in [4.69, 9.17) is 32.7 Å². The molecule has 0 radical (unpaired) electrons. The van der Waals surface area contributed by atoms with E-state index < -0.39 is 0 Å². The monoisotopic (exact) mass is 314 g/mol. The van der Waals surface area contributed by atoms with E-state index in [-0.39, 0.29) is 17.3 Å². The Morgan fingerprint density at radius 3 is 2.90 bits per heavy atom. The molecule has 0 N–H and O–H groups in total. The van der Waals surface area contributed by atoms with Crippen molar-refractivity contribution >= 4 is 29.0 Å². The molecule has 0 saturated carbocycles. The molecular weight excluding hydrogens is 299 g/mol. The summed E-state index contributed by atoms with van der Waals surface area (Å²) in [4.78, 5) is 12.7. The maximum atomic E-state index is 12.7. The Kier molecular flexibility index (Phi) is 4.04. The van der Waals surface area contributed by atoms with Crippen LogP contribution in [0.4, 0.5) is 0 Å². The number of hydrogen-bond donors (Lipinski definition) is 0. The lowest BCUT2D eigenvalue weighted by molar-refractivity contribution is -0.0920. The van der Waals surface area contributed by atoms with Crippen LogP contribution < -0.4 is 0 Å². The van der Waals surface area contributed by atoms with Crippen LogP contribution in [0.1, 0.15) is 29.6 Å². The minimum absolute atomic E-state index is 0.0621. The SMILES string of the molecule is O=C(c1cccc(Cl)c1Cl)C1CCOC2(CCOC2)C1. The van der Waals surface area contributed by atoms with Gasteiger partial charge in [0.2, 0.25) is 0 Å². The molecule has 20 heavy (non-hydrogen) atoms. The summed E-state index contributed by atoms with van der Waals surface area (Å²) in [5.41, 5.74) is 0.240. The first-order valence-electron chi connectivity index (χ1n) is 6.81. The van der Waals surface area contributed by atoms with Crippen molar-refractivity contribution in [3.8, 4) is 0 Å². The minimum Gasteiger partial charge on any atom is -0.378 e. The number of ether oxygens (including phenoxy) is 2. The quantitative estimate of drug-likeness (QED) is 0.780. The van der Waals surface area contributed by atoms with E-state index in [0.717, 1.165) is 12.8 Å². The molecule has 2 heterocycles. The van der Waals surface area contributed by atoms with Gasteiger partial charge in [-0.25, -0.2) is 0 Å². The number of Topliss-reactive ketones (excluding diaryl/α,β-unsaturated/α-hetero) is 1. The maximum Gasteiger partial charge on any atom is 0.167 e. The van der Waals surface area contributed by atoms with Gasteiger partial charge >= 0.3 is 0 Å². The molecule has 1 aromatic carbocycles. The number of benzene rings is 1. The normalized spacial score (nSPS) is 29.8. The van der Waals surface area contributed by atoms with Gasteiger partial charge in [-0.15, -0.1) is 0 Å². The molecule has 3 rings (SSSR count). The average Bonchev–Trinajstić information content (AvgIpc) is 2.89. The number of hydrogen-bond acceptors (Lipinski definition) is 3. The predicted octanol–water partition coefficient (Wildman–Crippen LogP) is 3.76. The Hall–Kier alpha value is -0.610. The summed E-state index contributed by atoms with van der Waals surface area (Å²) in [7, 11) is 0. The summed E-state index contributed by atoms with van der Waals surface area (Å²) >= 11 is 12.1. The number of carbonyl (C=O) groups excluding carboxylic acids is 1. The van der Waals surface area contributed by atoms with Crippen molar-refractivity contribution < 1.29 is 14.3 Å². The van der Waals surface area contributed by atoms with Crippen molar-refractivity contribution in [3.63, 3.8) is 0 Å². The molecule has 2 atom stereocenters. The number of halogens is 2. The lowest BCUT2D eigenvalue weighted by Gasteiger charge is -2.36. The molecule has 0 bridgehead atoms. The summed E-state index contributed by atoms with van der Waals surface area (Å²) in [5.74, 6) is -0.00603. The Morgan fingerprint density at radius 1 is 1.30 bits per heavy atom. The molecule has 2 fully saturated rings. The van der Waals surface area contributed by atoms with Gasteiger partial charge in [0.1, 0.15) is 0 Å². The largest absolute Gasteiger partial charge is 0.378 e. The van der Waals surface area contributed by atoms with Crippen LogP contribution in [0.15, 0.2) is 18.2 Å². The van der Waals surface area contributed by atoms with E-state index in [1.54, 1.807) is 18.2 Å². The van der Waals surface area contributed by atoms with Crippen molar-refractivity contribution in [1.82, 2.24) is 0 Å². The summed E-state index contributed by atoms with van der Waals surface area (Å²) in [6.45, 7) is 1.89. The first-order chi connectivity index (χ1) is 9.61. The van der Waals surface area contributed by atoms with Crippen molar-refractivity contribution in [3.05, 3.63) is 33.8 Å². The van der Waals surface area contributed by atoms with E-state index >= 15 is 0 Å². The lowest BCUT2D eigenvalue weighted by Crippen LogP contribution is -2.42. The molecule has 108 valence electrons. The summed E-state index contributed by atoms with van der Waals surface area (Å²) in [5, 5.41) is 0.769. The zero-order chi connectivity index (χ0) is 14.2. The third-order valence-electron chi connectivity index (χ3n) is 4.15. The van der Waals surface area contributed by atoms with Gasteiger partial charge < -0.3 is 9.47 Å². The first kappa shape index (κ1) is 14.3. The van der Waals surface area contributed by atoms with E-state index in [9.17, 15) is 4.79 Å². The molecule has 0 aromatic heterocycles. The van der Waals surface area contributed by atoms with Crippen LogP contribution in [0.5, 0.6) is 0 Å². The standard InChI is InChI=1S/C15H16Cl2O3/c16-12-3-1-2-11(13(12)17)14(18)10-4-6-20-15(8-10)5-7-19-9-15/h1-3,10H,4-9H2. The minimum atomic E-state index is -0.274. The van der Waals surface area contributed by atoms with E-state index in [1.807, 2.05) is 0 Å². The molecule has 2 aliphatic rings. The fourth-order valence-electron chi connectivity index (χ4n) is 3.03. The third-order valence-corrected chi connectivity index (χ3v) is 4.97. The van der Waals surface area contributed by atoms with Gasteiger partial charge in [-0.3, -0.25) is 4.79 Å². The van der Waals surface area contributed by atoms with Gasteiger partial charge in [0.25, 0.3) is 0 Å². The van der Waals surface area contributed by atoms with Crippen molar-refractivity contribution in [2.24, 2.45) is 5.92 Å². The third kappa shape index (κ3) is 2.60. The van der Waals surface area contributed by atoms with Crippen molar-refractivity contribution in [1.29, 1.82) is 0 Å². The van der Waals surface area contributed by atoms with E-state index in [2.05, 4.69) is 0 Å². The van der Waals surface area contributed by atoms with E-state index in [0.29, 0.717) is 41.9 Å². The van der Waals surface area contributed by atoms with Crippen molar-refractivity contribution in [2.75, 3.05) is 19.8 Å². The topological polar surface area (TPSA) is 35.5 Å². The molecule has 0 amide bonds. The Morgan fingerprint density at radius 2 is 2.15 bits per heavy atom. The van der Waals surface area contributed by atoms with E-state index in [1.165, 1.54) is 0 Å². The van der Waals surface area contributed by atoms with Crippen LogP contribution in [-0.4, -0.2) is 31.2 Å². The highest BCUT2D eigenvalue weighted by Crippen LogP contribution is 2.38. The van der Waals surface area contributed by atoms with Gasteiger partial charge in [0.05, 0.1) is 22.3 Å². The molecule has 2 saturated heterocycles. The zero-order valence-corrected chi connectivity index (χ0v) is 12.5. The lowest BCUT2D eigenvalue weighted by atomic mass is 9.81. The highest BCUT2D eigenvalue weighted by atomic mass is 35.5. The molecule has 0 aliphatic carbocycles. The van der Waals surface area contributed by atoms with Gasteiger partial charge in [-0.1, -0.05) is 29.3 Å². The van der Waals surface area contributed by atoms with Gasteiger partial charge in [-0.05, 0) is 25.0 Å². The summed E-state index contributed by atoms with van der Waals surface area (Å²) in [6.07, 6.45) is 2.29. The second-order valence-electron chi connectivity index (χ2n) is 5.49. The van der Waals surface area contributed by atoms with Crippen LogP contribution in [0.25, 0.3) is 0 Å². The molecular formula is C15H16Cl2O3. The predicted molar refractivity (Wildman–Crippen MR) is 77.6 cm³/mol. The molecule has 1 aromatic rings. The molecule has 1 spiro atoms. The second-order valence-corrected chi connectivity index (χ2v) is 6.27. The van der Waals surface area contributed by atoms with Crippen LogP contribution in [0.2, 0.25) is 10.0 Å². The first-order valence-corrected chi connectivity index (χ1v) is 7.57. The Bertz CT molecular complexity index is 524. The van der Waals surface area contributed by atoms with Gasteiger partial charge in [0, 0.05) is 31.1 Å². The second kappa shape index (κ2) is 5.64. The van der Waals surface area contributed by atoms with Crippen LogP contribution in [-0.2, 0) is 9.47 Å². The molecule has 2 unspecified atom stereocenters. The van der Waals surface area contributed by atoms with Crippen molar-refractivity contribution in [2.45, 2.75) is 24.9 Å². The smallest absolute Gasteiger partial charge is 0.167 e. The summed E-state index contributed by atoms with van der Waals surface area (Å²) in [6, 6.07) is 5.19. The maximum absolute atomic E-state index is 12.7. The highest BCUT2D eigenvalue weighted by molar-refractivity contribution is 6.43. The average molecular weight is 315 g/mol. The number of rotatable bonds is 2. The molecule has 3 nitrogen and oxygen atoms in total. The summed E-state index contributed by atoms with van der Waals surface area (Å²) < 4.78 is 11.3. The van der Waals surface area contributed by atoms with Gasteiger partial charge in [0.15, 0.2) is 5.78 Å².